The van der Waals surface area contributed by atoms with Crippen LogP contribution in [-0.4, -0.2) is 7.85 Å². The summed E-state index contributed by atoms with van der Waals surface area (Å²) in [6.07, 6.45) is 5.23. The molecule has 0 saturated heterocycles. The smallest absolute Gasteiger partial charge is 0.0672 e. The molecule has 0 unspecified atom stereocenters. The number of rotatable bonds is 5. The van der Waals surface area contributed by atoms with Crippen LogP contribution in [0.2, 0.25) is 5.31 Å². The van der Waals surface area contributed by atoms with Crippen molar-refractivity contribution in [3.05, 3.63) is 35.9 Å². The summed E-state index contributed by atoms with van der Waals surface area (Å²) in [6.45, 7) is 4.63. The topological polar surface area (TPSA) is 0 Å². The second-order valence-electron chi connectivity index (χ2n) is 5.25. The Morgan fingerprint density at radius 1 is 1.07 bits per heavy atom. The summed E-state index contributed by atoms with van der Waals surface area (Å²) in [5.41, 5.74) is 1.47. The van der Waals surface area contributed by atoms with Crippen LogP contribution in [0.25, 0.3) is 0 Å². The van der Waals surface area contributed by atoms with E-state index >= 15 is 0 Å². The normalized spacial score (nSPS) is 11.6. The molecule has 1 aromatic rings. The van der Waals surface area contributed by atoms with E-state index in [9.17, 15) is 0 Å². The average molecular weight is 188 g/mol. The van der Waals surface area contributed by atoms with E-state index in [2.05, 4.69) is 52.0 Å². The Kier molecular flexibility index (Phi) is 4.25. The lowest BCUT2D eigenvalue weighted by Gasteiger charge is -2.17. The first-order chi connectivity index (χ1) is 6.58. The Hall–Kier alpha value is -0.715. The van der Waals surface area contributed by atoms with Crippen LogP contribution in [0, 0.1) is 0 Å². The molecule has 0 nitrogen and oxygen atoms in total. The van der Waals surface area contributed by atoms with Crippen molar-refractivity contribution in [1.29, 1.82) is 0 Å². The van der Waals surface area contributed by atoms with Crippen molar-refractivity contribution in [1.82, 2.24) is 0 Å². The molecule has 0 aliphatic heterocycles. The lowest BCUT2D eigenvalue weighted by molar-refractivity contribution is 0.558. The van der Waals surface area contributed by atoms with E-state index in [0.29, 0.717) is 5.31 Å². The highest BCUT2D eigenvalue weighted by Crippen LogP contribution is 2.26. The van der Waals surface area contributed by atoms with Crippen molar-refractivity contribution in [2.75, 3.05) is 0 Å². The molecule has 0 radical (unpaired) electrons. The van der Waals surface area contributed by atoms with Gasteiger partial charge in [-0.25, -0.2) is 0 Å². The first kappa shape index (κ1) is 11.4. The predicted octanol–water partition coefficient (Wildman–Crippen LogP) is 3.23. The maximum Gasteiger partial charge on any atom is 0.108 e. The Bertz CT molecular complexity index is 246. The van der Waals surface area contributed by atoms with Gasteiger partial charge in [0.05, 0.1) is 0 Å². The highest BCUT2D eigenvalue weighted by molar-refractivity contribution is 6.14. The molecule has 14 heavy (non-hydrogen) atoms. The molecule has 0 heterocycles. The second-order valence-corrected chi connectivity index (χ2v) is 5.25. The van der Waals surface area contributed by atoms with Crippen LogP contribution in [0.1, 0.15) is 38.7 Å². The maximum absolute atomic E-state index is 2.31. The van der Waals surface area contributed by atoms with Gasteiger partial charge in [0.1, 0.15) is 7.85 Å². The van der Waals surface area contributed by atoms with E-state index in [1.807, 2.05) is 0 Å². The van der Waals surface area contributed by atoms with Gasteiger partial charge in [-0.1, -0.05) is 62.3 Å². The summed E-state index contributed by atoms with van der Waals surface area (Å²) < 4.78 is 0. The molecule has 0 N–H and O–H groups in total. The van der Waals surface area contributed by atoms with E-state index in [1.165, 1.54) is 31.2 Å². The van der Waals surface area contributed by atoms with E-state index in [-0.39, 0.29) is 0 Å². The van der Waals surface area contributed by atoms with Gasteiger partial charge in [0.15, 0.2) is 0 Å². The Morgan fingerprint density at radius 2 is 1.71 bits per heavy atom. The summed E-state index contributed by atoms with van der Waals surface area (Å²) in [5.74, 6) is 0. The van der Waals surface area contributed by atoms with Gasteiger partial charge in [-0.05, 0) is 18.4 Å². The SMILES string of the molecule is BC(C)(C)CCCCc1ccccc1. The van der Waals surface area contributed by atoms with Crippen molar-refractivity contribution in [3.8, 4) is 0 Å². The molecule has 0 amide bonds. The molecule has 0 aliphatic carbocycles. The summed E-state index contributed by atoms with van der Waals surface area (Å²) in [7, 11) is 2.31. The summed E-state index contributed by atoms with van der Waals surface area (Å²) in [4.78, 5) is 0. The lowest BCUT2D eigenvalue weighted by atomic mass is 9.69. The van der Waals surface area contributed by atoms with Crippen LogP contribution in [0.15, 0.2) is 30.3 Å². The first-order valence-corrected chi connectivity index (χ1v) is 5.62. The quantitative estimate of drug-likeness (QED) is 0.491. The third kappa shape index (κ3) is 5.11. The third-order valence-electron chi connectivity index (χ3n) is 2.49. The van der Waals surface area contributed by atoms with Crippen molar-refractivity contribution < 1.29 is 0 Å². The highest BCUT2D eigenvalue weighted by atomic mass is 14.1. The van der Waals surface area contributed by atoms with Crippen LogP contribution >= 0.6 is 0 Å². The molecule has 1 heteroatoms. The molecule has 0 aliphatic rings. The molecule has 0 atom stereocenters. The van der Waals surface area contributed by atoms with Gasteiger partial charge in [0.2, 0.25) is 0 Å². The van der Waals surface area contributed by atoms with E-state index in [1.54, 1.807) is 0 Å². The zero-order valence-electron chi connectivity index (χ0n) is 9.72. The molecule has 0 saturated carbocycles. The molecular weight excluding hydrogens is 167 g/mol. The Morgan fingerprint density at radius 3 is 2.29 bits per heavy atom. The zero-order valence-corrected chi connectivity index (χ0v) is 9.72. The van der Waals surface area contributed by atoms with Crippen LogP contribution in [0.4, 0.5) is 0 Å². The molecule has 0 fully saturated rings. The van der Waals surface area contributed by atoms with Crippen molar-refractivity contribution >= 4 is 7.85 Å². The highest BCUT2D eigenvalue weighted by Gasteiger charge is 2.08. The van der Waals surface area contributed by atoms with Gasteiger partial charge >= 0.3 is 0 Å². The largest absolute Gasteiger partial charge is 0.108 e. The zero-order chi connectivity index (χ0) is 10.4. The minimum absolute atomic E-state index is 0.497. The van der Waals surface area contributed by atoms with Gasteiger partial charge in [-0.3, -0.25) is 0 Å². The van der Waals surface area contributed by atoms with E-state index in [0.717, 1.165) is 0 Å². The van der Waals surface area contributed by atoms with Gasteiger partial charge in [-0.15, -0.1) is 0 Å². The number of benzene rings is 1. The van der Waals surface area contributed by atoms with Crippen LogP contribution in [0.3, 0.4) is 0 Å². The predicted molar refractivity (Wildman–Crippen MR) is 66.6 cm³/mol. The van der Waals surface area contributed by atoms with E-state index < -0.39 is 0 Å². The Labute approximate surface area is 89.1 Å². The summed E-state index contributed by atoms with van der Waals surface area (Å²) in [5, 5.41) is 0.497. The minimum atomic E-state index is 0.497. The second kappa shape index (κ2) is 5.24. The first-order valence-electron chi connectivity index (χ1n) is 5.62. The Balaban J connectivity index is 2.17. The molecule has 76 valence electrons. The van der Waals surface area contributed by atoms with E-state index in [4.69, 9.17) is 0 Å². The van der Waals surface area contributed by atoms with Gasteiger partial charge < -0.3 is 0 Å². The van der Waals surface area contributed by atoms with Crippen LogP contribution in [-0.2, 0) is 6.42 Å². The van der Waals surface area contributed by atoms with Crippen LogP contribution in [0.5, 0.6) is 0 Å². The molecule has 0 aromatic heterocycles. The van der Waals surface area contributed by atoms with Crippen molar-refractivity contribution in [2.24, 2.45) is 0 Å². The van der Waals surface area contributed by atoms with Gasteiger partial charge in [0, 0.05) is 0 Å². The van der Waals surface area contributed by atoms with Gasteiger partial charge in [0.25, 0.3) is 0 Å². The molecule has 1 aromatic carbocycles. The molecule has 0 spiro atoms. The molecular formula is C13H21B. The molecule has 1 rings (SSSR count). The average Bonchev–Trinajstić information content (AvgIpc) is 2.13. The fourth-order valence-electron chi connectivity index (χ4n) is 1.63. The van der Waals surface area contributed by atoms with Crippen LogP contribution < -0.4 is 0 Å². The number of unbranched alkanes of at least 4 members (excludes halogenated alkanes) is 1. The summed E-state index contributed by atoms with van der Waals surface area (Å²) in [6, 6.07) is 10.8. The fraction of sp³-hybridized carbons (Fsp3) is 0.538. The fourth-order valence-corrected chi connectivity index (χ4v) is 1.63. The third-order valence-corrected chi connectivity index (χ3v) is 2.49. The number of aryl methyl sites for hydroxylation is 1. The van der Waals surface area contributed by atoms with Crippen molar-refractivity contribution in [3.63, 3.8) is 0 Å². The maximum atomic E-state index is 2.31. The summed E-state index contributed by atoms with van der Waals surface area (Å²) >= 11 is 0. The minimum Gasteiger partial charge on any atom is -0.0672 e. The molecule has 0 bridgehead atoms. The van der Waals surface area contributed by atoms with Crippen molar-refractivity contribution in [2.45, 2.75) is 44.8 Å². The standard InChI is InChI=1S/C13H21B/c1-13(2,14)11-7-6-10-12-8-4-3-5-9-12/h3-5,8-9H,6-7,10-11,14H2,1-2H3. The number of hydrogen-bond donors (Lipinski definition) is 0. The van der Waals surface area contributed by atoms with Gasteiger partial charge in [-0.2, -0.15) is 0 Å². The number of hydrogen-bond acceptors (Lipinski definition) is 0. The lowest BCUT2D eigenvalue weighted by Crippen LogP contribution is -2.01. The monoisotopic (exact) mass is 188 g/mol.